The highest BCUT2D eigenvalue weighted by molar-refractivity contribution is 5.96. The number of nitrogens with one attached hydrogen (secondary N) is 1. The molecule has 3 fully saturated rings. The summed E-state index contributed by atoms with van der Waals surface area (Å²) in [7, 11) is 0. The summed E-state index contributed by atoms with van der Waals surface area (Å²) in [6.45, 7) is 2.52. The molecule has 3 aliphatic rings. The quantitative estimate of drug-likeness (QED) is 0.925. The van der Waals surface area contributed by atoms with E-state index in [1.165, 1.54) is 12.1 Å². The maximum absolute atomic E-state index is 13.3. The van der Waals surface area contributed by atoms with E-state index < -0.39 is 0 Å². The first-order valence-electron chi connectivity index (χ1n) is 9.10. The molecule has 5 heteroatoms. The van der Waals surface area contributed by atoms with Gasteiger partial charge in [-0.3, -0.25) is 4.79 Å². The van der Waals surface area contributed by atoms with Crippen molar-refractivity contribution in [3.8, 4) is 0 Å². The van der Waals surface area contributed by atoms with Crippen LogP contribution in [0.1, 0.15) is 38.5 Å². The maximum atomic E-state index is 13.3. The number of hydrogen-bond acceptors (Lipinski definition) is 3. The van der Waals surface area contributed by atoms with Crippen LogP contribution in [0.5, 0.6) is 0 Å². The van der Waals surface area contributed by atoms with Crippen molar-refractivity contribution in [2.24, 2.45) is 5.92 Å². The van der Waals surface area contributed by atoms with Crippen molar-refractivity contribution in [2.75, 3.05) is 24.6 Å². The first kappa shape index (κ1) is 16.0. The Kier molecular flexibility index (Phi) is 4.31. The van der Waals surface area contributed by atoms with Crippen LogP contribution >= 0.6 is 0 Å². The van der Waals surface area contributed by atoms with Gasteiger partial charge in [-0.05, 0) is 69.5 Å². The summed E-state index contributed by atoms with van der Waals surface area (Å²) in [5, 5.41) is 3.37. The topological polar surface area (TPSA) is 41.6 Å². The fraction of sp³-hybridized carbons (Fsp3) is 0.632. The molecule has 1 saturated carbocycles. The van der Waals surface area contributed by atoms with Crippen molar-refractivity contribution >= 4 is 11.6 Å². The smallest absolute Gasteiger partial charge is 0.230 e. The predicted octanol–water partition coefficient (Wildman–Crippen LogP) is 2.87. The van der Waals surface area contributed by atoms with Gasteiger partial charge in [0.15, 0.2) is 0 Å². The van der Waals surface area contributed by atoms with Gasteiger partial charge in [0.2, 0.25) is 5.91 Å². The fourth-order valence-corrected chi connectivity index (χ4v) is 4.19. The zero-order valence-corrected chi connectivity index (χ0v) is 14.0. The number of carbonyl (C=O) groups excluding carboxylic acids is 1. The van der Waals surface area contributed by atoms with Gasteiger partial charge in [0.05, 0.1) is 18.2 Å². The number of hydrogen-bond donors (Lipinski definition) is 1. The summed E-state index contributed by atoms with van der Waals surface area (Å²) in [5.41, 5.74) is 0.710. The van der Waals surface area contributed by atoms with E-state index in [1.807, 2.05) is 4.90 Å². The average Bonchev–Trinajstić information content (AvgIpc) is 2.92. The molecule has 4 rings (SSSR count). The molecule has 0 bridgehead atoms. The zero-order chi connectivity index (χ0) is 16.6. The molecule has 1 aromatic rings. The van der Waals surface area contributed by atoms with Crippen LogP contribution in [-0.2, 0) is 9.53 Å². The minimum Gasteiger partial charge on any atom is -0.373 e. The van der Waals surface area contributed by atoms with Crippen LogP contribution in [0, 0.1) is 11.7 Å². The van der Waals surface area contributed by atoms with Crippen molar-refractivity contribution < 1.29 is 13.9 Å². The van der Waals surface area contributed by atoms with Crippen LogP contribution in [-0.4, -0.2) is 37.2 Å². The summed E-state index contributed by atoms with van der Waals surface area (Å²) < 4.78 is 19.5. The third-order valence-electron chi connectivity index (χ3n) is 5.87. The van der Waals surface area contributed by atoms with Gasteiger partial charge >= 0.3 is 0 Å². The number of ether oxygens (including phenoxy) is 1. The number of halogens is 1. The molecule has 2 aliphatic heterocycles. The lowest BCUT2D eigenvalue weighted by atomic mass is 9.83. The molecule has 0 radical (unpaired) electrons. The predicted molar refractivity (Wildman–Crippen MR) is 90.4 cm³/mol. The Morgan fingerprint density at radius 2 is 1.92 bits per heavy atom. The number of rotatable bonds is 3. The molecule has 2 saturated heterocycles. The van der Waals surface area contributed by atoms with E-state index >= 15 is 0 Å². The largest absolute Gasteiger partial charge is 0.373 e. The summed E-state index contributed by atoms with van der Waals surface area (Å²) in [6.07, 6.45) is 5.95. The van der Waals surface area contributed by atoms with Crippen LogP contribution < -0.4 is 10.2 Å². The Labute approximate surface area is 142 Å². The second-order valence-corrected chi connectivity index (χ2v) is 7.41. The second kappa shape index (κ2) is 6.45. The second-order valence-electron chi connectivity index (χ2n) is 7.41. The van der Waals surface area contributed by atoms with Gasteiger partial charge in [0.25, 0.3) is 0 Å². The SMILES string of the molecule is O=C(C1CCC1)N(c1ccc(F)cc1)[C@@H]1COC2(CCNCC2)C1. The van der Waals surface area contributed by atoms with E-state index in [9.17, 15) is 9.18 Å². The van der Waals surface area contributed by atoms with Crippen molar-refractivity contribution in [1.29, 1.82) is 0 Å². The van der Waals surface area contributed by atoms with E-state index in [4.69, 9.17) is 4.74 Å². The summed E-state index contributed by atoms with van der Waals surface area (Å²) in [4.78, 5) is 14.9. The van der Waals surface area contributed by atoms with Crippen molar-refractivity contribution in [3.05, 3.63) is 30.1 Å². The molecule has 2 heterocycles. The van der Waals surface area contributed by atoms with Crippen LogP contribution in [0.3, 0.4) is 0 Å². The highest BCUT2D eigenvalue weighted by atomic mass is 19.1. The standard InChI is InChI=1S/C19H25FN2O2/c20-15-4-6-16(7-5-15)22(18(23)14-2-1-3-14)17-12-19(24-13-17)8-10-21-11-9-19/h4-7,14,17,21H,1-3,8-13H2/t17-/m0/s1. The monoisotopic (exact) mass is 332 g/mol. The molecule has 4 nitrogen and oxygen atoms in total. The van der Waals surface area contributed by atoms with Crippen LogP contribution in [0.4, 0.5) is 10.1 Å². The summed E-state index contributed by atoms with van der Waals surface area (Å²) in [6, 6.07) is 6.37. The number of benzene rings is 1. The normalized spacial score (nSPS) is 26.3. The van der Waals surface area contributed by atoms with Crippen molar-refractivity contribution in [3.63, 3.8) is 0 Å². The van der Waals surface area contributed by atoms with Gasteiger partial charge in [0.1, 0.15) is 5.82 Å². The lowest BCUT2D eigenvalue weighted by Crippen LogP contribution is -2.47. The minimum atomic E-state index is -0.271. The highest BCUT2D eigenvalue weighted by Gasteiger charge is 2.45. The number of amides is 1. The van der Waals surface area contributed by atoms with Gasteiger partial charge in [-0.2, -0.15) is 0 Å². The van der Waals surface area contributed by atoms with Crippen LogP contribution in [0.2, 0.25) is 0 Å². The molecular formula is C19H25FN2O2. The molecule has 1 aliphatic carbocycles. The van der Waals surface area contributed by atoms with Gasteiger partial charge in [-0.25, -0.2) is 4.39 Å². The number of carbonyl (C=O) groups is 1. The third kappa shape index (κ3) is 2.95. The molecule has 1 aromatic carbocycles. The number of nitrogens with zero attached hydrogens (tertiary/aromatic N) is 1. The highest BCUT2D eigenvalue weighted by Crippen LogP contribution is 2.39. The van der Waals surface area contributed by atoms with E-state index in [0.29, 0.717) is 6.61 Å². The van der Waals surface area contributed by atoms with E-state index in [0.717, 1.165) is 57.3 Å². The van der Waals surface area contributed by atoms with Crippen molar-refractivity contribution in [1.82, 2.24) is 5.32 Å². The molecule has 130 valence electrons. The third-order valence-corrected chi connectivity index (χ3v) is 5.87. The Morgan fingerprint density at radius 3 is 2.54 bits per heavy atom. The fourth-order valence-electron chi connectivity index (χ4n) is 4.19. The molecular weight excluding hydrogens is 307 g/mol. The molecule has 24 heavy (non-hydrogen) atoms. The average molecular weight is 332 g/mol. The summed E-state index contributed by atoms with van der Waals surface area (Å²) >= 11 is 0. The Balaban J connectivity index is 1.58. The van der Waals surface area contributed by atoms with Gasteiger partial charge in [-0.1, -0.05) is 6.42 Å². The zero-order valence-electron chi connectivity index (χ0n) is 14.0. The minimum absolute atomic E-state index is 0.0571. The Bertz CT molecular complexity index is 594. The van der Waals surface area contributed by atoms with E-state index in [-0.39, 0.29) is 29.3 Å². The lowest BCUT2D eigenvalue weighted by Gasteiger charge is -2.36. The van der Waals surface area contributed by atoms with E-state index in [2.05, 4.69) is 5.32 Å². The molecule has 0 aromatic heterocycles. The van der Waals surface area contributed by atoms with Gasteiger partial charge < -0.3 is 15.0 Å². The van der Waals surface area contributed by atoms with Crippen LogP contribution in [0.25, 0.3) is 0 Å². The number of piperidine rings is 1. The van der Waals surface area contributed by atoms with Crippen molar-refractivity contribution in [2.45, 2.75) is 50.2 Å². The first-order valence-corrected chi connectivity index (χ1v) is 9.10. The van der Waals surface area contributed by atoms with Gasteiger partial charge in [-0.15, -0.1) is 0 Å². The number of anilines is 1. The van der Waals surface area contributed by atoms with Crippen LogP contribution in [0.15, 0.2) is 24.3 Å². The maximum Gasteiger partial charge on any atom is 0.230 e. The molecule has 1 atom stereocenters. The molecule has 1 amide bonds. The molecule has 1 spiro atoms. The Morgan fingerprint density at radius 1 is 1.21 bits per heavy atom. The molecule has 1 N–H and O–H groups in total. The van der Waals surface area contributed by atoms with Gasteiger partial charge in [0, 0.05) is 11.6 Å². The summed E-state index contributed by atoms with van der Waals surface area (Å²) in [5.74, 6) is 0.0411. The Hall–Kier alpha value is -1.46. The van der Waals surface area contributed by atoms with E-state index in [1.54, 1.807) is 12.1 Å². The molecule has 0 unspecified atom stereocenters. The first-order chi connectivity index (χ1) is 11.7. The lowest BCUT2D eigenvalue weighted by molar-refractivity contribution is -0.125.